The van der Waals surface area contributed by atoms with Gasteiger partial charge in [-0.3, -0.25) is 4.68 Å². The third-order valence-corrected chi connectivity index (χ3v) is 4.75. The van der Waals surface area contributed by atoms with Crippen molar-refractivity contribution in [3.05, 3.63) is 58.9 Å². The summed E-state index contributed by atoms with van der Waals surface area (Å²) in [6, 6.07) is 10.1. The van der Waals surface area contributed by atoms with Gasteiger partial charge in [-0.15, -0.1) is 0 Å². The summed E-state index contributed by atoms with van der Waals surface area (Å²) >= 11 is 0. The summed E-state index contributed by atoms with van der Waals surface area (Å²) in [5, 5.41) is 16.1. The normalized spacial score (nSPS) is 11.1. The summed E-state index contributed by atoms with van der Waals surface area (Å²) in [5.41, 5.74) is 5.82. The Bertz CT molecular complexity index is 1140. The molecule has 0 unspecified atom stereocenters. The van der Waals surface area contributed by atoms with Crippen LogP contribution in [0.1, 0.15) is 22.3 Å². The molecule has 0 radical (unpaired) electrons. The first-order valence-corrected chi connectivity index (χ1v) is 8.12. The molecule has 25 heavy (non-hydrogen) atoms. The molecule has 2 heterocycles. The van der Waals surface area contributed by atoms with Gasteiger partial charge in [-0.1, -0.05) is 0 Å². The molecule has 0 atom stereocenters. The first kappa shape index (κ1) is 15.3. The summed E-state index contributed by atoms with van der Waals surface area (Å²) in [7, 11) is 1.69. The smallest absolute Gasteiger partial charge is 0.124 e. The van der Waals surface area contributed by atoms with E-state index in [0.717, 1.165) is 44.2 Å². The number of nitrogens with one attached hydrogen (secondary N) is 1. The molecule has 0 saturated heterocycles. The molecule has 0 aliphatic rings. The van der Waals surface area contributed by atoms with Crippen LogP contribution in [0.3, 0.4) is 0 Å². The predicted octanol–water partition coefficient (Wildman–Crippen LogP) is 4.06. The Morgan fingerprint density at radius 1 is 1.28 bits per heavy atom. The number of hydrogen-bond donors (Lipinski definition) is 1. The molecule has 0 aliphatic carbocycles. The zero-order chi connectivity index (χ0) is 17.6. The summed E-state index contributed by atoms with van der Waals surface area (Å²) in [5.74, 6) is 0.860. The average molecular weight is 330 g/mol. The first-order chi connectivity index (χ1) is 12.1. The van der Waals surface area contributed by atoms with Crippen molar-refractivity contribution in [2.24, 2.45) is 0 Å². The van der Waals surface area contributed by atoms with Crippen LogP contribution in [0.15, 0.2) is 36.7 Å². The first-order valence-electron chi connectivity index (χ1n) is 8.12. The molecule has 124 valence electrons. The van der Waals surface area contributed by atoms with Crippen LogP contribution in [0.5, 0.6) is 5.75 Å². The van der Waals surface area contributed by atoms with Crippen molar-refractivity contribution in [1.82, 2.24) is 14.8 Å². The molecular formula is C20H18N4O. The van der Waals surface area contributed by atoms with Crippen molar-refractivity contribution in [3.8, 4) is 11.8 Å². The molecule has 0 aliphatic heterocycles. The van der Waals surface area contributed by atoms with Gasteiger partial charge in [0, 0.05) is 34.2 Å². The topological polar surface area (TPSA) is 66.6 Å². The van der Waals surface area contributed by atoms with Gasteiger partial charge in [0.05, 0.1) is 30.8 Å². The van der Waals surface area contributed by atoms with Crippen molar-refractivity contribution < 1.29 is 4.74 Å². The minimum atomic E-state index is 0.605. The van der Waals surface area contributed by atoms with Gasteiger partial charge < -0.3 is 9.72 Å². The quantitative estimate of drug-likeness (QED) is 0.616. The minimum absolute atomic E-state index is 0.605. The standard InChI is InChI=1S/C20H18N4O/c1-12-8-18(25-3)17(16-6-7-22-19(12)16)11-24-10-15-5-4-14(9-21)13(2)20(15)23-24/h4-8,10,22H,11H2,1-3H3. The number of nitriles is 1. The Morgan fingerprint density at radius 2 is 2.12 bits per heavy atom. The van der Waals surface area contributed by atoms with Gasteiger partial charge in [0.1, 0.15) is 5.75 Å². The van der Waals surface area contributed by atoms with E-state index in [2.05, 4.69) is 30.1 Å². The average Bonchev–Trinajstić information content (AvgIpc) is 3.25. The van der Waals surface area contributed by atoms with Crippen molar-refractivity contribution in [3.63, 3.8) is 0 Å². The van der Waals surface area contributed by atoms with E-state index in [9.17, 15) is 5.26 Å². The second-order valence-electron chi connectivity index (χ2n) is 6.26. The molecule has 2 aromatic carbocycles. The zero-order valence-corrected chi connectivity index (χ0v) is 14.4. The van der Waals surface area contributed by atoms with Crippen LogP contribution in [0.25, 0.3) is 21.8 Å². The highest BCUT2D eigenvalue weighted by Crippen LogP contribution is 2.31. The molecule has 4 rings (SSSR count). The van der Waals surface area contributed by atoms with Gasteiger partial charge in [0.25, 0.3) is 0 Å². The molecule has 0 spiro atoms. The van der Waals surface area contributed by atoms with Gasteiger partial charge in [0.15, 0.2) is 0 Å². The van der Waals surface area contributed by atoms with Gasteiger partial charge in [-0.25, -0.2) is 0 Å². The number of benzene rings is 2. The fraction of sp³-hybridized carbons (Fsp3) is 0.200. The Kier molecular flexibility index (Phi) is 3.47. The summed E-state index contributed by atoms with van der Waals surface area (Å²) < 4.78 is 7.53. The van der Waals surface area contributed by atoms with Gasteiger partial charge in [0.2, 0.25) is 0 Å². The molecule has 2 aromatic heterocycles. The van der Waals surface area contributed by atoms with E-state index in [-0.39, 0.29) is 0 Å². The lowest BCUT2D eigenvalue weighted by molar-refractivity contribution is 0.408. The zero-order valence-electron chi connectivity index (χ0n) is 14.4. The van der Waals surface area contributed by atoms with E-state index >= 15 is 0 Å². The van der Waals surface area contributed by atoms with E-state index in [0.29, 0.717) is 12.1 Å². The Hall–Kier alpha value is -3.26. The van der Waals surface area contributed by atoms with Crippen LogP contribution in [-0.2, 0) is 6.54 Å². The highest BCUT2D eigenvalue weighted by atomic mass is 16.5. The van der Waals surface area contributed by atoms with E-state index in [1.807, 2.05) is 36.1 Å². The van der Waals surface area contributed by atoms with Crippen molar-refractivity contribution in [2.75, 3.05) is 7.11 Å². The molecule has 4 aromatic rings. The van der Waals surface area contributed by atoms with Crippen LogP contribution in [0, 0.1) is 25.2 Å². The van der Waals surface area contributed by atoms with Gasteiger partial charge in [-0.2, -0.15) is 10.4 Å². The molecule has 5 nitrogen and oxygen atoms in total. The van der Waals surface area contributed by atoms with Crippen molar-refractivity contribution in [2.45, 2.75) is 20.4 Å². The monoisotopic (exact) mass is 330 g/mol. The Morgan fingerprint density at radius 3 is 2.88 bits per heavy atom. The molecule has 1 N–H and O–H groups in total. The highest BCUT2D eigenvalue weighted by Gasteiger charge is 2.14. The maximum atomic E-state index is 9.20. The predicted molar refractivity (Wildman–Crippen MR) is 97.9 cm³/mol. The molecule has 0 saturated carbocycles. The lowest BCUT2D eigenvalue weighted by atomic mass is 10.0. The fourth-order valence-electron chi connectivity index (χ4n) is 3.42. The van der Waals surface area contributed by atoms with Crippen molar-refractivity contribution in [1.29, 1.82) is 5.26 Å². The molecule has 0 amide bonds. The van der Waals surface area contributed by atoms with Crippen LogP contribution in [-0.4, -0.2) is 21.9 Å². The lowest BCUT2D eigenvalue weighted by Crippen LogP contribution is -2.03. The maximum absolute atomic E-state index is 9.20. The van der Waals surface area contributed by atoms with Crippen LogP contribution in [0.4, 0.5) is 0 Å². The Labute approximate surface area is 145 Å². The van der Waals surface area contributed by atoms with Crippen LogP contribution >= 0.6 is 0 Å². The molecular weight excluding hydrogens is 312 g/mol. The third kappa shape index (κ3) is 2.34. The summed E-state index contributed by atoms with van der Waals surface area (Å²) in [4.78, 5) is 3.29. The number of methoxy groups -OCH3 is 1. The largest absolute Gasteiger partial charge is 0.496 e. The molecule has 0 fully saturated rings. The lowest BCUT2D eigenvalue weighted by Gasteiger charge is -2.12. The number of aryl methyl sites for hydroxylation is 2. The maximum Gasteiger partial charge on any atom is 0.124 e. The number of H-pyrrole nitrogens is 1. The Balaban J connectivity index is 1.86. The third-order valence-electron chi connectivity index (χ3n) is 4.75. The van der Waals surface area contributed by atoms with E-state index in [4.69, 9.17) is 9.84 Å². The van der Waals surface area contributed by atoms with Gasteiger partial charge in [-0.05, 0) is 49.2 Å². The number of aromatic nitrogens is 3. The van der Waals surface area contributed by atoms with Gasteiger partial charge >= 0.3 is 0 Å². The minimum Gasteiger partial charge on any atom is -0.496 e. The van der Waals surface area contributed by atoms with Crippen LogP contribution in [0.2, 0.25) is 0 Å². The summed E-state index contributed by atoms with van der Waals surface area (Å²) in [6.07, 6.45) is 3.96. The number of rotatable bonds is 3. The number of fused-ring (bicyclic) bond motifs is 2. The van der Waals surface area contributed by atoms with Crippen LogP contribution < -0.4 is 4.74 Å². The highest BCUT2D eigenvalue weighted by molar-refractivity contribution is 5.88. The van der Waals surface area contributed by atoms with E-state index in [1.165, 1.54) is 0 Å². The summed E-state index contributed by atoms with van der Waals surface area (Å²) in [6.45, 7) is 4.61. The fourth-order valence-corrected chi connectivity index (χ4v) is 3.42. The number of aromatic amines is 1. The second kappa shape index (κ2) is 5.67. The number of nitrogens with zero attached hydrogens (tertiary/aromatic N) is 3. The molecule has 5 heteroatoms. The SMILES string of the molecule is COc1cc(C)c2[nH]ccc2c1Cn1cc2ccc(C#N)c(C)c2n1. The second-order valence-corrected chi connectivity index (χ2v) is 6.26. The van der Waals surface area contributed by atoms with E-state index < -0.39 is 0 Å². The number of hydrogen-bond acceptors (Lipinski definition) is 3. The molecule has 0 bridgehead atoms. The number of ether oxygens (including phenoxy) is 1. The van der Waals surface area contributed by atoms with E-state index in [1.54, 1.807) is 7.11 Å². The van der Waals surface area contributed by atoms with Crippen molar-refractivity contribution >= 4 is 21.8 Å².